The highest BCUT2D eigenvalue weighted by atomic mass is 127. The number of nitrogens with one attached hydrogen (secondary N) is 1. The van der Waals surface area contributed by atoms with Gasteiger partial charge >= 0.3 is 5.97 Å². The molecule has 28 heavy (non-hydrogen) atoms. The largest absolute Gasteiger partial charge is 0.466 e. The Balaban J connectivity index is 0.00000280. The summed E-state index contributed by atoms with van der Waals surface area (Å²) in [5, 5.41) is 7.69. The molecule has 2 aromatic rings. The number of carbonyl (C=O) groups excluding carboxylic acids is 1. The number of hydrogen-bond acceptors (Lipinski definition) is 4. The lowest BCUT2D eigenvalue weighted by Gasteiger charge is -2.34. The molecule has 8 heteroatoms. The Bertz CT molecular complexity index is 779. The van der Waals surface area contributed by atoms with E-state index in [-0.39, 0.29) is 35.9 Å². The van der Waals surface area contributed by atoms with Gasteiger partial charge in [0.15, 0.2) is 5.96 Å². The fourth-order valence-electron chi connectivity index (χ4n) is 3.37. The molecule has 1 atom stereocenters. The van der Waals surface area contributed by atoms with Crippen molar-refractivity contribution in [3.63, 3.8) is 0 Å². The van der Waals surface area contributed by atoms with E-state index in [1.54, 1.807) is 13.2 Å². The summed E-state index contributed by atoms with van der Waals surface area (Å²) in [5.41, 5.74) is 2.16. The Morgan fingerprint density at radius 2 is 2.25 bits per heavy atom. The van der Waals surface area contributed by atoms with Crippen LogP contribution in [0.3, 0.4) is 0 Å². The highest BCUT2D eigenvalue weighted by Crippen LogP contribution is 2.18. The summed E-state index contributed by atoms with van der Waals surface area (Å²) in [5.74, 6) is 0.624. The Labute approximate surface area is 183 Å². The van der Waals surface area contributed by atoms with Gasteiger partial charge in [-0.2, -0.15) is 5.10 Å². The van der Waals surface area contributed by atoms with Gasteiger partial charge in [0, 0.05) is 39.1 Å². The molecule has 1 aromatic carbocycles. The number of aliphatic imine (C=N–C) groups is 1. The molecule has 0 amide bonds. The van der Waals surface area contributed by atoms with E-state index in [1.807, 2.05) is 36.0 Å². The molecule has 1 N–H and O–H groups in total. The second-order valence-electron chi connectivity index (χ2n) is 6.56. The maximum absolute atomic E-state index is 12.1. The van der Waals surface area contributed by atoms with Crippen molar-refractivity contribution in [2.24, 2.45) is 10.9 Å². The minimum atomic E-state index is -0.107. The first-order valence-electron chi connectivity index (χ1n) is 9.42. The summed E-state index contributed by atoms with van der Waals surface area (Å²) in [7, 11) is 1.77. The van der Waals surface area contributed by atoms with Gasteiger partial charge < -0.3 is 15.0 Å². The van der Waals surface area contributed by atoms with Gasteiger partial charge in [0.2, 0.25) is 0 Å². The van der Waals surface area contributed by atoms with Gasteiger partial charge in [-0.05, 0) is 43.5 Å². The van der Waals surface area contributed by atoms with E-state index < -0.39 is 0 Å². The van der Waals surface area contributed by atoms with Gasteiger partial charge in [-0.15, -0.1) is 24.0 Å². The van der Waals surface area contributed by atoms with Crippen molar-refractivity contribution in [2.75, 3.05) is 26.7 Å². The summed E-state index contributed by atoms with van der Waals surface area (Å²) in [6.07, 6.45) is 5.52. The third-order valence-corrected chi connectivity index (χ3v) is 4.68. The summed E-state index contributed by atoms with van der Waals surface area (Å²) in [6.45, 7) is 4.46. The van der Waals surface area contributed by atoms with Crippen LogP contribution in [0.4, 0.5) is 0 Å². The first-order chi connectivity index (χ1) is 13.2. The summed E-state index contributed by atoms with van der Waals surface area (Å²) >= 11 is 0. The second kappa shape index (κ2) is 11.0. The van der Waals surface area contributed by atoms with Crippen molar-refractivity contribution < 1.29 is 9.53 Å². The Morgan fingerprint density at radius 3 is 2.96 bits per heavy atom. The normalized spacial score (nSPS) is 17.0. The van der Waals surface area contributed by atoms with Crippen LogP contribution in [0.25, 0.3) is 5.69 Å². The zero-order valence-electron chi connectivity index (χ0n) is 16.4. The quantitative estimate of drug-likeness (QED) is 0.298. The van der Waals surface area contributed by atoms with Crippen LogP contribution in [-0.4, -0.2) is 53.4 Å². The minimum Gasteiger partial charge on any atom is -0.466 e. The van der Waals surface area contributed by atoms with Crippen molar-refractivity contribution in [3.8, 4) is 5.69 Å². The average molecular weight is 497 g/mol. The number of guanidine groups is 1. The molecule has 1 saturated heterocycles. The van der Waals surface area contributed by atoms with Crippen LogP contribution in [0.2, 0.25) is 0 Å². The molecule has 0 saturated carbocycles. The molecule has 7 nitrogen and oxygen atoms in total. The van der Waals surface area contributed by atoms with Crippen LogP contribution in [0.15, 0.2) is 47.7 Å². The molecule has 1 aliphatic rings. The number of piperidine rings is 1. The molecule has 1 aliphatic heterocycles. The van der Waals surface area contributed by atoms with Gasteiger partial charge in [0.05, 0.1) is 18.2 Å². The molecule has 3 rings (SSSR count). The van der Waals surface area contributed by atoms with Crippen LogP contribution >= 0.6 is 24.0 Å². The Hall–Kier alpha value is -2.10. The van der Waals surface area contributed by atoms with E-state index in [1.165, 1.54) is 0 Å². The van der Waals surface area contributed by atoms with Crippen molar-refractivity contribution in [2.45, 2.75) is 26.3 Å². The third-order valence-electron chi connectivity index (χ3n) is 4.68. The third kappa shape index (κ3) is 5.70. The fourth-order valence-corrected chi connectivity index (χ4v) is 3.37. The number of nitrogens with zero attached hydrogens (tertiary/aromatic N) is 4. The van der Waals surface area contributed by atoms with Gasteiger partial charge in [-0.3, -0.25) is 9.79 Å². The van der Waals surface area contributed by atoms with Crippen molar-refractivity contribution in [1.29, 1.82) is 0 Å². The van der Waals surface area contributed by atoms with E-state index in [0.717, 1.165) is 36.6 Å². The summed E-state index contributed by atoms with van der Waals surface area (Å²) in [4.78, 5) is 18.6. The van der Waals surface area contributed by atoms with Gasteiger partial charge in [-0.1, -0.05) is 12.1 Å². The predicted molar refractivity (Wildman–Crippen MR) is 120 cm³/mol. The molecule has 1 fully saturated rings. The van der Waals surface area contributed by atoms with Crippen molar-refractivity contribution in [1.82, 2.24) is 20.0 Å². The monoisotopic (exact) mass is 497 g/mol. The second-order valence-corrected chi connectivity index (χ2v) is 6.56. The Kier molecular flexibility index (Phi) is 8.75. The maximum Gasteiger partial charge on any atom is 0.310 e. The smallest absolute Gasteiger partial charge is 0.310 e. The lowest BCUT2D eigenvalue weighted by atomic mass is 9.98. The predicted octanol–water partition coefficient (Wildman–Crippen LogP) is 2.84. The summed E-state index contributed by atoms with van der Waals surface area (Å²) in [6, 6.07) is 10.1. The van der Waals surface area contributed by atoms with Crippen LogP contribution < -0.4 is 5.32 Å². The molecular formula is C20H28IN5O2. The van der Waals surface area contributed by atoms with Gasteiger partial charge in [0.1, 0.15) is 0 Å². The zero-order valence-corrected chi connectivity index (χ0v) is 18.7. The van der Waals surface area contributed by atoms with Crippen LogP contribution in [0, 0.1) is 5.92 Å². The van der Waals surface area contributed by atoms with Crippen LogP contribution in [-0.2, 0) is 16.1 Å². The first kappa shape index (κ1) is 22.2. The number of ether oxygens (including phenoxy) is 1. The van der Waals surface area contributed by atoms with Crippen LogP contribution in [0.1, 0.15) is 25.3 Å². The number of carbonyl (C=O) groups is 1. The number of rotatable bonds is 5. The molecule has 1 aromatic heterocycles. The standard InChI is InChI=1S/C20H27N5O2.HI/c1-3-27-19(26)17-8-5-11-24(15-17)20(21-2)22-14-16-7-4-9-18(13-16)25-12-6-10-23-25;/h4,6-7,9-10,12-13,17H,3,5,8,11,14-15H2,1-2H3,(H,21,22);1H. The lowest BCUT2D eigenvalue weighted by molar-refractivity contribution is -0.149. The van der Waals surface area contributed by atoms with E-state index in [0.29, 0.717) is 19.7 Å². The maximum atomic E-state index is 12.1. The fraction of sp³-hybridized carbons (Fsp3) is 0.450. The molecule has 0 aliphatic carbocycles. The van der Waals surface area contributed by atoms with Crippen LogP contribution in [0.5, 0.6) is 0 Å². The molecule has 0 spiro atoms. The highest BCUT2D eigenvalue weighted by Gasteiger charge is 2.28. The van der Waals surface area contributed by atoms with E-state index in [9.17, 15) is 4.79 Å². The van der Waals surface area contributed by atoms with E-state index in [2.05, 4.69) is 32.4 Å². The zero-order chi connectivity index (χ0) is 19.1. The SMILES string of the molecule is CCOC(=O)C1CCCN(C(=NC)NCc2cccc(-n3cccn3)c2)C1.I. The van der Waals surface area contributed by atoms with Crippen molar-refractivity contribution >= 4 is 35.9 Å². The number of halogens is 1. The average Bonchev–Trinajstić information content (AvgIpc) is 3.24. The number of aromatic nitrogens is 2. The Morgan fingerprint density at radius 1 is 1.39 bits per heavy atom. The molecule has 0 bridgehead atoms. The first-order valence-corrected chi connectivity index (χ1v) is 9.42. The minimum absolute atomic E-state index is 0. The molecule has 1 unspecified atom stereocenters. The lowest BCUT2D eigenvalue weighted by Crippen LogP contribution is -2.48. The van der Waals surface area contributed by atoms with Gasteiger partial charge in [-0.25, -0.2) is 4.68 Å². The molecule has 0 radical (unpaired) electrons. The molecule has 152 valence electrons. The van der Waals surface area contributed by atoms with E-state index >= 15 is 0 Å². The number of benzene rings is 1. The van der Waals surface area contributed by atoms with Gasteiger partial charge in [0.25, 0.3) is 0 Å². The topological polar surface area (TPSA) is 71.8 Å². The molecule has 2 heterocycles. The molecular weight excluding hydrogens is 469 g/mol. The van der Waals surface area contributed by atoms with Crippen molar-refractivity contribution in [3.05, 3.63) is 48.3 Å². The number of hydrogen-bond donors (Lipinski definition) is 1. The summed E-state index contributed by atoms with van der Waals surface area (Å²) < 4.78 is 7.03. The highest BCUT2D eigenvalue weighted by molar-refractivity contribution is 14.0. The van der Waals surface area contributed by atoms with E-state index in [4.69, 9.17) is 4.74 Å². The number of esters is 1. The number of likely N-dealkylation sites (tertiary alicyclic amines) is 1.